The van der Waals surface area contributed by atoms with Gasteiger partial charge in [-0.15, -0.1) is 11.3 Å². The van der Waals surface area contributed by atoms with Crippen LogP contribution < -0.4 is 15.5 Å². The predicted octanol–water partition coefficient (Wildman–Crippen LogP) is 2.57. The number of urea groups is 1. The van der Waals surface area contributed by atoms with E-state index in [0.29, 0.717) is 11.7 Å². The van der Waals surface area contributed by atoms with Crippen molar-refractivity contribution >= 4 is 28.2 Å². The van der Waals surface area contributed by atoms with E-state index in [1.54, 1.807) is 6.20 Å². The van der Waals surface area contributed by atoms with Crippen molar-refractivity contribution in [2.45, 2.75) is 6.42 Å². The topological polar surface area (TPSA) is 57.3 Å². The Morgan fingerprint density at radius 2 is 2.05 bits per heavy atom. The van der Waals surface area contributed by atoms with Crippen LogP contribution in [0.15, 0.2) is 35.8 Å². The Morgan fingerprint density at radius 3 is 2.65 bits per heavy atom. The molecule has 0 saturated carbocycles. The number of anilines is 2. The molecule has 5 nitrogen and oxygen atoms in total. The van der Waals surface area contributed by atoms with E-state index in [1.807, 2.05) is 19.5 Å². The van der Waals surface area contributed by atoms with Crippen molar-refractivity contribution in [3.8, 4) is 0 Å². The molecular formula is C14H18N4OS. The molecule has 1 aromatic carbocycles. The molecular weight excluding hydrogens is 272 g/mol. The Balaban J connectivity index is 1.74. The highest BCUT2D eigenvalue weighted by atomic mass is 32.1. The van der Waals surface area contributed by atoms with E-state index in [0.717, 1.165) is 6.42 Å². The summed E-state index contributed by atoms with van der Waals surface area (Å²) in [6.07, 6.45) is 2.46. The number of nitrogens with zero attached hydrogens (tertiary/aromatic N) is 2. The van der Waals surface area contributed by atoms with Crippen LogP contribution in [0, 0.1) is 0 Å². The maximum absolute atomic E-state index is 11.6. The SMILES string of the molecule is CN(C)c1ccc(CCNC(=O)Nc2nccs2)cc1. The number of nitrogens with one attached hydrogen (secondary N) is 2. The molecule has 2 N–H and O–H groups in total. The normalized spacial score (nSPS) is 10.1. The second-order valence-corrected chi connectivity index (χ2v) is 5.42. The number of amides is 2. The summed E-state index contributed by atoms with van der Waals surface area (Å²) in [6.45, 7) is 0.596. The molecule has 1 heterocycles. The summed E-state index contributed by atoms with van der Waals surface area (Å²) >= 11 is 1.40. The second kappa shape index (κ2) is 6.91. The first-order valence-corrected chi connectivity index (χ1v) is 7.24. The fourth-order valence-electron chi connectivity index (χ4n) is 1.71. The zero-order valence-electron chi connectivity index (χ0n) is 11.6. The summed E-state index contributed by atoms with van der Waals surface area (Å²) in [6, 6.07) is 8.09. The molecule has 0 aliphatic rings. The van der Waals surface area contributed by atoms with Crippen molar-refractivity contribution in [1.29, 1.82) is 0 Å². The Bertz CT molecular complexity index is 537. The summed E-state index contributed by atoms with van der Waals surface area (Å²) in [5, 5.41) is 7.93. The first kappa shape index (κ1) is 14.3. The van der Waals surface area contributed by atoms with Gasteiger partial charge < -0.3 is 10.2 Å². The maximum atomic E-state index is 11.6. The lowest BCUT2D eigenvalue weighted by molar-refractivity contribution is 0.252. The van der Waals surface area contributed by atoms with Gasteiger partial charge in [0, 0.05) is 37.9 Å². The van der Waals surface area contributed by atoms with Crippen LogP contribution in [0.5, 0.6) is 0 Å². The summed E-state index contributed by atoms with van der Waals surface area (Å²) in [7, 11) is 4.03. The number of aromatic nitrogens is 1. The van der Waals surface area contributed by atoms with Crippen molar-refractivity contribution in [1.82, 2.24) is 10.3 Å². The number of thiazole rings is 1. The van der Waals surface area contributed by atoms with Gasteiger partial charge in [0.15, 0.2) is 5.13 Å². The molecule has 1 aromatic heterocycles. The number of benzene rings is 1. The lowest BCUT2D eigenvalue weighted by Crippen LogP contribution is -2.30. The molecule has 0 saturated heterocycles. The van der Waals surface area contributed by atoms with Crippen LogP contribution in [-0.4, -0.2) is 31.7 Å². The van der Waals surface area contributed by atoms with Gasteiger partial charge in [0.05, 0.1) is 0 Å². The van der Waals surface area contributed by atoms with Gasteiger partial charge in [-0.3, -0.25) is 5.32 Å². The van der Waals surface area contributed by atoms with Crippen molar-refractivity contribution in [3.63, 3.8) is 0 Å². The Hall–Kier alpha value is -2.08. The van der Waals surface area contributed by atoms with Crippen molar-refractivity contribution in [2.24, 2.45) is 0 Å². The number of hydrogen-bond acceptors (Lipinski definition) is 4. The first-order chi connectivity index (χ1) is 9.65. The van der Waals surface area contributed by atoms with Gasteiger partial charge in [0.1, 0.15) is 0 Å². The molecule has 2 rings (SSSR count). The largest absolute Gasteiger partial charge is 0.378 e. The van der Waals surface area contributed by atoms with Crippen molar-refractivity contribution in [2.75, 3.05) is 30.9 Å². The molecule has 0 unspecified atom stereocenters. The second-order valence-electron chi connectivity index (χ2n) is 4.53. The van der Waals surface area contributed by atoms with Gasteiger partial charge in [-0.1, -0.05) is 12.1 Å². The van der Waals surface area contributed by atoms with Crippen LogP contribution in [-0.2, 0) is 6.42 Å². The highest BCUT2D eigenvalue weighted by molar-refractivity contribution is 7.13. The van der Waals surface area contributed by atoms with Crippen LogP contribution in [0.1, 0.15) is 5.56 Å². The van der Waals surface area contributed by atoms with Crippen molar-refractivity contribution in [3.05, 3.63) is 41.4 Å². The lowest BCUT2D eigenvalue weighted by atomic mass is 10.1. The molecule has 0 bridgehead atoms. The van der Waals surface area contributed by atoms with Gasteiger partial charge in [-0.25, -0.2) is 9.78 Å². The zero-order valence-corrected chi connectivity index (χ0v) is 12.4. The van der Waals surface area contributed by atoms with Gasteiger partial charge in [0.2, 0.25) is 0 Å². The Kier molecular flexibility index (Phi) is 4.95. The summed E-state index contributed by atoms with van der Waals surface area (Å²) in [4.78, 5) is 17.6. The van der Waals surface area contributed by atoms with E-state index < -0.39 is 0 Å². The number of carbonyl (C=O) groups is 1. The highest BCUT2D eigenvalue weighted by Crippen LogP contribution is 2.12. The molecule has 106 valence electrons. The molecule has 0 fully saturated rings. The predicted molar refractivity (Wildman–Crippen MR) is 83.6 cm³/mol. The van der Waals surface area contributed by atoms with E-state index in [-0.39, 0.29) is 6.03 Å². The van der Waals surface area contributed by atoms with E-state index in [1.165, 1.54) is 22.6 Å². The summed E-state index contributed by atoms with van der Waals surface area (Å²) in [5.74, 6) is 0. The molecule has 0 atom stereocenters. The summed E-state index contributed by atoms with van der Waals surface area (Å²) in [5.41, 5.74) is 2.37. The van der Waals surface area contributed by atoms with E-state index in [2.05, 4.69) is 44.8 Å². The van der Waals surface area contributed by atoms with Crippen LogP contribution in [0.2, 0.25) is 0 Å². The molecule has 2 aromatic rings. The first-order valence-electron chi connectivity index (χ1n) is 6.36. The third-order valence-electron chi connectivity index (χ3n) is 2.80. The van der Waals surface area contributed by atoms with Crippen LogP contribution >= 0.6 is 11.3 Å². The molecule has 0 radical (unpaired) electrons. The fraction of sp³-hybridized carbons (Fsp3) is 0.286. The van der Waals surface area contributed by atoms with E-state index >= 15 is 0 Å². The smallest absolute Gasteiger partial charge is 0.321 e. The minimum Gasteiger partial charge on any atom is -0.378 e. The Morgan fingerprint density at radius 1 is 1.30 bits per heavy atom. The van der Waals surface area contributed by atoms with Crippen molar-refractivity contribution < 1.29 is 4.79 Å². The fourth-order valence-corrected chi connectivity index (χ4v) is 2.23. The molecule has 0 aliphatic heterocycles. The van der Waals surface area contributed by atoms with Gasteiger partial charge in [-0.05, 0) is 24.1 Å². The minimum atomic E-state index is -0.218. The number of carbonyl (C=O) groups excluding carboxylic acids is 1. The molecule has 0 aliphatic carbocycles. The average Bonchev–Trinajstić information content (AvgIpc) is 2.92. The van der Waals surface area contributed by atoms with Crippen LogP contribution in [0.4, 0.5) is 15.6 Å². The monoisotopic (exact) mass is 290 g/mol. The van der Waals surface area contributed by atoms with Gasteiger partial charge in [0.25, 0.3) is 0 Å². The summed E-state index contributed by atoms with van der Waals surface area (Å²) < 4.78 is 0. The van der Waals surface area contributed by atoms with Gasteiger partial charge >= 0.3 is 6.03 Å². The third-order valence-corrected chi connectivity index (χ3v) is 3.49. The van der Waals surface area contributed by atoms with E-state index in [4.69, 9.17) is 0 Å². The number of hydrogen-bond donors (Lipinski definition) is 2. The zero-order chi connectivity index (χ0) is 14.4. The molecule has 0 spiro atoms. The van der Waals surface area contributed by atoms with Crippen LogP contribution in [0.25, 0.3) is 0 Å². The third kappa shape index (κ3) is 4.24. The van der Waals surface area contributed by atoms with Crippen LogP contribution in [0.3, 0.4) is 0 Å². The Labute approximate surface area is 122 Å². The van der Waals surface area contributed by atoms with E-state index in [9.17, 15) is 4.79 Å². The number of rotatable bonds is 5. The standard InChI is InChI=1S/C14H18N4OS/c1-18(2)12-5-3-11(4-6-12)7-8-15-13(19)17-14-16-9-10-20-14/h3-6,9-10H,7-8H2,1-2H3,(H2,15,16,17,19). The lowest BCUT2D eigenvalue weighted by Gasteiger charge is -2.12. The van der Waals surface area contributed by atoms with Gasteiger partial charge in [-0.2, -0.15) is 0 Å². The quantitative estimate of drug-likeness (QED) is 0.890. The minimum absolute atomic E-state index is 0.218. The molecule has 20 heavy (non-hydrogen) atoms. The highest BCUT2D eigenvalue weighted by Gasteiger charge is 2.03. The molecule has 6 heteroatoms. The average molecular weight is 290 g/mol. The maximum Gasteiger partial charge on any atom is 0.321 e. The molecule has 2 amide bonds.